The summed E-state index contributed by atoms with van der Waals surface area (Å²) in [4.78, 5) is 28.7. The van der Waals surface area contributed by atoms with E-state index >= 15 is 0 Å². The normalized spacial score (nSPS) is 12.0. The monoisotopic (exact) mass is 657 g/mol. The maximum atomic E-state index is 14.1. The molecule has 220 valence electrons. The molecule has 41 heavy (non-hydrogen) atoms. The van der Waals surface area contributed by atoms with Crippen LogP contribution in [0.4, 0.5) is 5.69 Å². The maximum absolute atomic E-state index is 14.1. The average molecular weight is 659 g/mol. The van der Waals surface area contributed by atoms with Crippen molar-refractivity contribution in [3.63, 3.8) is 0 Å². The first-order chi connectivity index (χ1) is 19.5. The molecule has 2 amide bonds. The second kappa shape index (κ2) is 15.1. The molecule has 1 N–H and O–H groups in total. The second-order valence-corrected chi connectivity index (χ2v) is 12.8. The molecular formula is C29H31Cl4N3O4S. The van der Waals surface area contributed by atoms with Gasteiger partial charge < -0.3 is 10.2 Å². The minimum Gasteiger partial charge on any atom is -0.354 e. The van der Waals surface area contributed by atoms with Gasteiger partial charge in [-0.05, 0) is 60.9 Å². The van der Waals surface area contributed by atoms with E-state index in [1.165, 1.54) is 35.2 Å². The maximum Gasteiger partial charge on any atom is 0.264 e. The van der Waals surface area contributed by atoms with E-state index in [0.29, 0.717) is 22.2 Å². The summed E-state index contributed by atoms with van der Waals surface area (Å²) < 4.78 is 28.7. The van der Waals surface area contributed by atoms with Gasteiger partial charge in [-0.15, -0.1) is 0 Å². The van der Waals surface area contributed by atoms with Crippen molar-refractivity contribution < 1.29 is 18.0 Å². The number of nitrogens with one attached hydrogen (secondary N) is 1. The lowest BCUT2D eigenvalue weighted by Gasteiger charge is -2.33. The highest BCUT2D eigenvalue weighted by molar-refractivity contribution is 7.92. The highest BCUT2D eigenvalue weighted by atomic mass is 35.5. The molecule has 0 aromatic heterocycles. The molecule has 3 rings (SSSR count). The van der Waals surface area contributed by atoms with Crippen molar-refractivity contribution >= 4 is 73.9 Å². The summed E-state index contributed by atoms with van der Waals surface area (Å²) in [6, 6.07) is 16.0. The number of amides is 2. The fraction of sp³-hybridized carbons (Fsp3) is 0.310. The molecule has 0 saturated heterocycles. The summed E-state index contributed by atoms with van der Waals surface area (Å²) in [6.45, 7) is 3.58. The molecule has 0 aliphatic rings. The van der Waals surface area contributed by atoms with Crippen LogP contribution in [0.2, 0.25) is 20.1 Å². The number of carbonyl (C=O) groups excluding carboxylic acids is 2. The smallest absolute Gasteiger partial charge is 0.264 e. The number of anilines is 1. The predicted octanol–water partition coefficient (Wildman–Crippen LogP) is 7.22. The fourth-order valence-electron chi connectivity index (χ4n) is 4.15. The zero-order chi connectivity index (χ0) is 30.2. The Balaban J connectivity index is 2.07. The van der Waals surface area contributed by atoms with Gasteiger partial charge in [0.25, 0.3) is 10.0 Å². The molecular weight excluding hydrogens is 628 g/mol. The fourth-order valence-corrected chi connectivity index (χ4v) is 6.34. The number of hydrogen-bond donors (Lipinski definition) is 1. The quantitative estimate of drug-likeness (QED) is 0.197. The zero-order valence-corrected chi connectivity index (χ0v) is 26.5. The summed E-state index contributed by atoms with van der Waals surface area (Å²) in [7, 11) is -4.23. The van der Waals surface area contributed by atoms with E-state index in [4.69, 9.17) is 46.4 Å². The third-order valence-electron chi connectivity index (χ3n) is 6.37. The summed E-state index contributed by atoms with van der Waals surface area (Å²) in [5.41, 5.74) is 0.692. The largest absolute Gasteiger partial charge is 0.354 e. The lowest BCUT2D eigenvalue weighted by atomic mass is 10.1. The van der Waals surface area contributed by atoms with Gasteiger partial charge in [0.2, 0.25) is 11.8 Å². The number of nitrogens with zero attached hydrogens (tertiary/aromatic N) is 2. The lowest BCUT2D eigenvalue weighted by molar-refractivity contribution is -0.140. The summed E-state index contributed by atoms with van der Waals surface area (Å²) in [5.74, 6) is -0.953. The Bertz CT molecular complexity index is 1470. The number of rotatable bonds is 13. The van der Waals surface area contributed by atoms with Crippen LogP contribution in [0.5, 0.6) is 0 Å². The predicted molar refractivity (Wildman–Crippen MR) is 166 cm³/mol. The molecule has 0 aliphatic heterocycles. The van der Waals surface area contributed by atoms with Crippen LogP contribution in [0.15, 0.2) is 71.6 Å². The van der Waals surface area contributed by atoms with E-state index in [0.717, 1.165) is 17.1 Å². The van der Waals surface area contributed by atoms with Gasteiger partial charge in [-0.2, -0.15) is 0 Å². The average Bonchev–Trinajstić information content (AvgIpc) is 2.94. The molecule has 0 aliphatic carbocycles. The third-order valence-corrected chi connectivity index (χ3v) is 9.49. The Kier molecular flexibility index (Phi) is 12.2. The number of sulfonamides is 1. The van der Waals surface area contributed by atoms with Crippen LogP contribution >= 0.6 is 46.4 Å². The molecule has 1 atom stereocenters. The van der Waals surface area contributed by atoms with Gasteiger partial charge in [-0.3, -0.25) is 13.9 Å². The van der Waals surface area contributed by atoms with Crippen molar-refractivity contribution in [1.29, 1.82) is 0 Å². The van der Waals surface area contributed by atoms with Crippen LogP contribution in [-0.2, 0) is 26.2 Å². The van der Waals surface area contributed by atoms with Crippen LogP contribution in [0, 0.1) is 0 Å². The summed E-state index contributed by atoms with van der Waals surface area (Å²) >= 11 is 24.8. The van der Waals surface area contributed by atoms with Crippen molar-refractivity contribution in [2.75, 3.05) is 17.4 Å². The Labute approximate surface area is 261 Å². The molecule has 0 saturated carbocycles. The first kappa shape index (κ1) is 33.0. The molecule has 7 nitrogen and oxygen atoms in total. The van der Waals surface area contributed by atoms with Gasteiger partial charge in [-0.25, -0.2) is 8.42 Å². The van der Waals surface area contributed by atoms with E-state index < -0.39 is 28.5 Å². The van der Waals surface area contributed by atoms with Crippen molar-refractivity contribution in [2.45, 2.75) is 50.6 Å². The van der Waals surface area contributed by atoms with Crippen LogP contribution < -0.4 is 9.62 Å². The van der Waals surface area contributed by atoms with E-state index in [9.17, 15) is 18.0 Å². The lowest BCUT2D eigenvalue weighted by Crippen LogP contribution is -2.52. The molecule has 0 unspecified atom stereocenters. The number of unbranched alkanes of at least 4 members (excludes halogenated alkanes) is 1. The van der Waals surface area contributed by atoms with Gasteiger partial charge in [0, 0.05) is 23.1 Å². The van der Waals surface area contributed by atoms with Crippen LogP contribution in [0.25, 0.3) is 0 Å². The van der Waals surface area contributed by atoms with Gasteiger partial charge in [0.1, 0.15) is 12.6 Å². The molecule has 3 aromatic carbocycles. The SMILES string of the molecule is CCCCNC(=O)[C@H](CC)N(Cc1ccc(Cl)cc1Cl)C(=O)CN(c1ccc(Cl)c(Cl)c1)S(=O)(=O)c1ccccc1. The van der Waals surface area contributed by atoms with Crippen molar-refractivity contribution in [3.8, 4) is 0 Å². The van der Waals surface area contributed by atoms with Gasteiger partial charge in [-0.1, -0.05) is 90.9 Å². The van der Waals surface area contributed by atoms with Crippen molar-refractivity contribution in [1.82, 2.24) is 10.2 Å². The highest BCUT2D eigenvalue weighted by Crippen LogP contribution is 2.31. The number of carbonyl (C=O) groups is 2. The molecule has 3 aromatic rings. The van der Waals surface area contributed by atoms with E-state index in [1.54, 1.807) is 43.3 Å². The summed E-state index contributed by atoms with van der Waals surface area (Å²) in [6.07, 6.45) is 1.95. The van der Waals surface area contributed by atoms with Gasteiger partial charge in [0.05, 0.1) is 20.6 Å². The molecule has 0 bridgehead atoms. The van der Waals surface area contributed by atoms with E-state index in [-0.39, 0.29) is 39.5 Å². The van der Waals surface area contributed by atoms with E-state index in [2.05, 4.69) is 5.32 Å². The topological polar surface area (TPSA) is 86.8 Å². The van der Waals surface area contributed by atoms with Gasteiger partial charge >= 0.3 is 0 Å². The van der Waals surface area contributed by atoms with Crippen molar-refractivity contribution in [3.05, 3.63) is 92.4 Å². The minimum atomic E-state index is -4.23. The summed E-state index contributed by atoms with van der Waals surface area (Å²) in [5, 5.41) is 3.97. The second-order valence-electron chi connectivity index (χ2n) is 9.25. The highest BCUT2D eigenvalue weighted by Gasteiger charge is 2.34. The Morgan fingerprint density at radius 2 is 1.59 bits per heavy atom. The van der Waals surface area contributed by atoms with Crippen LogP contribution in [0.3, 0.4) is 0 Å². The molecule has 0 spiro atoms. The minimum absolute atomic E-state index is 0.0180. The molecule has 12 heteroatoms. The Hall–Kier alpha value is -2.49. The Morgan fingerprint density at radius 1 is 0.878 bits per heavy atom. The standard InChI is InChI=1S/C29H31Cl4N3O4S/c1-3-5-15-34-29(38)27(4-2)35(18-20-11-12-21(30)16-25(20)32)28(37)19-36(22-13-14-24(31)26(33)17-22)41(39,40)23-9-7-6-8-10-23/h6-14,16-17,27H,3-5,15,18-19H2,1-2H3,(H,34,38)/t27-/m0/s1. The first-order valence-corrected chi connectivity index (χ1v) is 16.0. The van der Waals surface area contributed by atoms with Gasteiger partial charge in [0.15, 0.2) is 0 Å². The third kappa shape index (κ3) is 8.52. The van der Waals surface area contributed by atoms with E-state index in [1.807, 2.05) is 6.92 Å². The zero-order valence-electron chi connectivity index (χ0n) is 22.6. The molecule has 0 heterocycles. The molecule has 0 fully saturated rings. The molecule has 0 radical (unpaired) electrons. The first-order valence-electron chi connectivity index (χ1n) is 13.0. The van der Waals surface area contributed by atoms with Crippen molar-refractivity contribution in [2.24, 2.45) is 0 Å². The number of halogens is 4. The van der Waals surface area contributed by atoms with Crippen LogP contribution in [0.1, 0.15) is 38.7 Å². The number of hydrogen-bond acceptors (Lipinski definition) is 4. The Morgan fingerprint density at radius 3 is 2.20 bits per heavy atom. The number of benzene rings is 3. The van der Waals surface area contributed by atoms with Crippen LogP contribution in [-0.4, -0.2) is 44.3 Å².